The molecule has 1 aromatic rings. The molecule has 0 aromatic heterocycles. The summed E-state index contributed by atoms with van der Waals surface area (Å²) in [6.45, 7) is 23.9. The third kappa shape index (κ3) is 5.18. The van der Waals surface area contributed by atoms with E-state index in [2.05, 4.69) is 53.4 Å². The van der Waals surface area contributed by atoms with Crippen LogP contribution in [0.25, 0.3) is 0 Å². The van der Waals surface area contributed by atoms with Crippen molar-refractivity contribution in [3.63, 3.8) is 0 Å². The summed E-state index contributed by atoms with van der Waals surface area (Å²) < 4.78 is 18.3. The van der Waals surface area contributed by atoms with Crippen LogP contribution in [-0.4, -0.2) is 66.0 Å². The molecule has 0 spiro atoms. The van der Waals surface area contributed by atoms with Crippen molar-refractivity contribution in [1.29, 1.82) is 0 Å². The van der Waals surface area contributed by atoms with E-state index in [9.17, 15) is 4.79 Å². The van der Waals surface area contributed by atoms with Crippen molar-refractivity contribution >= 4 is 24.4 Å². The SMILES string of the molecule is Cc1c(N)c(C)c(B2OC(C)(C)C(C)(C)O2)c(C)c1CN1CCN(C(=O)OC(C)(C)C)CC1. The fourth-order valence-corrected chi connectivity index (χ4v) is 4.50. The Morgan fingerprint density at radius 1 is 0.970 bits per heavy atom. The summed E-state index contributed by atoms with van der Waals surface area (Å²) in [6.07, 6.45) is -0.239. The predicted octanol–water partition coefficient (Wildman–Crippen LogP) is 3.55. The molecule has 8 heteroatoms. The van der Waals surface area contributed by atoms with Gasteiger partial charge in [0, 0.05) is 38.4 Å². The first-order valence-electron chi connectivity index (χ1n) is 12.0. The largest absolute Gasteiger partial charge is 0.495 e. The molecule has 1 amide bonds. The van der Waals surface area contributed by atoms with Crippen molar-refractivity contribution in [2.24, 2.45) is 0 Å². The number of hydrogen-bond acceptors (Lipinski definition) is 6. The molecule has 0 bridgehead atoms. The number of nitrogen functional groups attached to an aromatic ring is 1. The average Bonchev–Trinajstić information content (AvgIpc) is 2.89. The van der Waals surface area contributed by atoms with Gasteiger partial charge in [-0.15, -0.1) is 0 Å². The highest BCUT2D eigenvalue weighted by Crippen LogP contribution is 2.38. The zero-order chi connectivity index (χ0) is 24.9. The second-order valence-corrected chi connectivity index (χ2v) is 11.5. The Bertz CT molecular complexity index is 899. The summed E-state index contributed by atoms with van der Waals surface area (Å²) in [6, 6.07) is 0. The fraction of sp³-hybridized carbons (Fsp3) is 0.720. The van der Waals surface area contributed by atoms with Crippen LogP contribution < -0.4 is 11.2 Å². The number of carbonyl (C=O) groups excluding carboxylic acids is 1. The molecule has 0 radical (unpaired) electrons. The van der Waals surface area contributed by atoms with Gasteiger partial charge in [-0.25, -0.2) is 4.79 Å². The molecular weight excluding hydrogens is 417 g/mol. The van der Waals surface area contributed by atoms with Crippen LogP contribution in [0.3, 0.4) is 0 Å². The fourth-order valence-electron chi connectivity index (χ4n) is 4.50. The lowest BCUT2D eigenvalue weighted by molar-refractivity contribution is 0.00578. The summed E-state index contributed by atoms with van der Waals surface area (Å²) in [5, 5.41) is 0. The Balaban J connectivity index is 1.79. The number of ether oxygens (including phenoxy) is 1. The zero-order valence-corrected chi connectivity index (χ0v) is 22.2. The van der Waals surface area contributed by atoms with E-state index in [0.717, 1.165) is 41.9 Å². The van der Waals surface area contributed by atoms with Crippen LogP contribution in [-0.2, 0) is 20.6 Å². The van der Waals surface area contributed by atoms with Crippen molar-refractivity contribution in [3.05, 3.63) is 22.3 Å². The first-order chi connectivity index (χ1) is 15.0. The number of hydrogen-bond donors (Lipinski definition) is 1. The number of nitrogens with two attached hydrogens (primary N) is 1. The van der Waals surface area contributed by atoms with Gasteiger partial charge in [-0.2, -0.15) is 0 Å². The average molecular weight is 459 g/mol. The molecule has 2 N–H and O–H groups in total. The summed E-state index contributed by atoms with van der Waals surface area (Å²) in [4.78, 5) is 16.6. The highest BCUT2D eigenvalue weighted by atomic mass is 16.7. The van der Waals surface area contributed by atoms with Crippen LogP contribution in [0.4, 0.5) is 10.5 Å². The van der Waals surface area contributed by atoms with Gasteiger partial charge in [0.15, 0.2) is 0 Å². The number of rotatable bonds is 3. The summed E-state index contributed by atoms with van der Waals surface area (Å²) in [5.74, 6) is 0. The highest BCUT2D eigenvalue weighted by molar-refractivity contribution is 6.63. The standard InChI is InChI=1S/C25H42BN3O4/c1-16-19(15-28-11-13-29(14-12-28)22(30)31-23(4,5)6)17(2)21(27)18(3)20(16)26-32-24(7,8)25(9,10)33-26/h11-15,27H2,1-10H3. The van der Waals surface area contributed by atoms with Crippen molar-refractivity contribution in [2.45, 2.75) is 92.6 Å². The maximum absolute atomic E-state index is 12.4. The van der Waals surface area contributed by atoms with Gasteiger partial charge in [0.2, 0.25) is 0 Å². The summed E-state index contributed by atoms with van der Waals surface area (Å²) in [7, 11) is -0.444. The monoisotopic (exact) mass is 459 g/mol. The van der Waals surface area contributed by atoms with Crippen LogP contribution in [0.1, 0.15) is 70.7 Å². The van der Waals surface area contributed by atoms with E-state index in [-0.39, 0.29) is 6.09 Å². The van der Waals surface area contributed by atoms with E-state index in [1.807, 2.05) is 20.8 Å². The van der Waals surface area contributed by atoms with Gasteiger partial charge in [-0.3, -0.25) is 4.90 Å². The van der Waals surface area contributed by atoms with Crippen LogP contribution in [0.5, 0.6) is 0 Å². The van der Waals surface area contributed by atoms with Gasteiger partial charge in [0.1, 0.15) is 5.60 Å². The number of benzene rings is 1. The third-order valence-corrected chi connectivity index (χ3v) is 7.42. The van der Waals surface area contributed by atoms with Gasteiger partial charge < -0.3 is 24.7 Å². The number of carbonyl (C=O) groups is 1. The van der Waals surface area contributed by atoms with Crippen molar-refractivity contribution in [2.75, 3.05) is 31.9 Å². The van der Waals surface area contributed by atoms with Crippen LogP contribution in [0, 0.1) is 20.8 Å². The Kier molecular flexibility index (Phi) is 6.88. The highest BCUT2D eigenvalue weighted by Gasteiger charge is 2.52. The van der Waals surface area contributed by atoms with Crippen LogP contribution in [0.15, 0.2) is 0 Å². The molecule has 2 saturated heterocycles. The lowest BCUT2D eigenvalue weighted by atomic mass is 9.70. The van der Waals surface area contributed by atoms with E-state index in [1.165, 1.54) is 11.1 Å². The van der Waals surface area contributed by atoms with Crippen molar-refractivity contribution in [3.8, 4) is 0 Å². The minimum absolute atomic E-state index is 0.239. The number of anilines is 1. The molecule has 33 heavy (non-hydrogen) atoms. The molecule has 0 aliphatic carbocycles. The number of amides is 1. The molecule has 3 rings (SSSR count). The Hall–Kier alpha value is -1.77. The summed E-state index contributed by atoms with van der Waals surface area (Å²) in [5.41, 5.74) is 11.7. The van der Waals surface area contributed by atoms with E-state index in [4.69, 9.17) is 19.8 Å². The summed E-state index contributed by atoms with van der Waals surface area (Å²) >= 11 is 0. The minimum Gasteiger partial charge on any atom is -0.444 e. The molecule has 7 nitrogen and oxygen atoms in total. The van der Waals surface area contributed by atoms with Gasteiger partial charge in [-0.05, 0) is 97.0 Å². The zero-order valence-electron chi connectivity index (χ0n) is 22.2. The molecule has 2 aliphatic rings. The first kappa shape index (κ1) is 25.9. The lowest BCUT2D eigenvalue weighted by Crippen LogP contribution is -2.50. The molecular formula is C25H42BN3O4. The van der Waals surface area contributed by atoms with Gasteiger partial charge in [0.05, 0.1) is 11.2 Å². The minimum atomic E-state index is -0.480. The lowest BCUT2D eigenvalue weighted by Gasteiger charge is -2.36. The van der Waals surface area contributed by atoms with Crippen molar-refractivity contribution in [1.82, 2.24) is 9.80 Å². The van der Waals surface area contributed by atoms with Gasteiger partial charge >= 0.3 is 13.2 Å². The Morgan fingerprint density at radius 2 is 1.48 bits per heavy atom. The molecule has 1 aromatic carbocycles. The second kappa shape index (κ2) is 8.79. The maximum Gasteiger partial charge on any atom is 0.495 e. The Morgan fingerprint density at radius 3 is 1.97 bits per heavy atom. The molecule has 184 valence electrons. The molecule has 0 atom stereocenters. The van der Waals surface area contributed by atoms with E-state index in [0.29, 0.717) is 13.1 Å². The van der Waals surface area contributed by atoms with Gasteiger partial charge in [0.25, 0.3) is 0 Å². The van der Waals surface area contributed by atoms with E-state index < -0.39 is 23.9 Å². The van der Waals surface area contributed by atoms with Crippen LogP contribution in [0.2, 0.25) is 0 Å². The molecule has 0 unspecified atom stereocenters. The molecule has 2 heterocycles. The molecule has 2 fully saturated rings. The second-order valence-electron chi connectivity index (χ2n) is 11.5. The van der Waals surface area contributed by atoms with Gasteiger partial charge in [-0.1, -0.05) is 0 Å². The first-order valence-corrected chi connectivity index (χ1v) is 12.0. The third-order valence-electron chi connectivity index (χ3n) is 7.42. The quantitative estimate of drug-likeness (QED) is 0.551. The maximum atomic E-state index is 12.4. The smallest absolute Gasteiger partial charge is 0.444 e. The van der Waals surface area contributed by atoms with E-state index >= 15 is 0 Å². The topological polar surface area (TPSA) is 77.3 Å². The molecule has 2 aliphatic heterocycles. The number of piperazine rings is 1. The Labute approximate surface area is 200 Å². The normalized spacial score (nSPS) is 20.9. The number of nitrogens with zero attached hydrogens (tertiary/aromatic N) is 2. The van der Waals surface area contributed by atoms with Crippen molar-refractivity contribution < 1.29 is 18.8 Å². The predicted molar refractivity (Wildman–Crippen MR) is 134 cm³/mol. The van der Waals surface area contributed by atoms with Crippen LogP contribution >= 0.6 is 0 Å². The molecule has 0 saturated carbocycles. The van der Waals surface area contributed by atoms with E-state index in [1.54, 1.807) is 4.90 Å².